The molecule has 3 aliphatic heterocycles. The highest BCUT2D eigenvalue weighted by Crippen LogP contribution is 2.39. The molecule has 0 aromatic carbocycles. The van der Waals surface area contributed by atoms with Gasteiger partial charge >= 0.3 is 0 Å². The number of fused-ring (bicyclic) bond motifs is 2. The van der Waals surface area contributed by atoms with Crippen molar-refractivity contribution in [3.63, 3.8) is 0 Å². The lowest BCUT2D eigenvalue weighted by molar-refractivity contribution is 0.0710. The zero-order valence-electron chi connectivity index (χ0n) is 10.8. The minimum absolute atomic E-state index is 0.504. The minimum Gasteiger partial charge on any atom is -0.307 e. The molecular weight excluding hydrogens is 196 g/mol. The van der Waals surface area contributed by atoms with E-state index < -0.39 is 0 Å². The smallest absolute Gasteiger partial charge is 0.0312 e. The van der Waals surface area contributed by atoms with Gasteiger partial charge in [-0.15, -0.1) is 0 Å². The van der Waals surface area contributed by atoms with Gasteiger partial charge in [0.25, 0.3) is 0 Å². The monoisotopic (exact) mass is 222 g/mol. The number of piperidine rings is 1. The molecule has 0 radical (unpaired) electrons. The lowest BCUT2D eigenvalue weighted by atomic mass is 9.85. The van der Waals surface area contributed by atoms with Crippen molar-refractivity contribution in [2.45, 2.75) is 82.5 Å². The molecule has 0 saturated carbocycles. The molecule has 2 unspecified atom stereocenters. The van der Waals surface area contributed by atoms with Gasteiger partial charge in [0.15, 0.2) is 0 Å². The Morgan fingerprint density at radius 2 is 1.69 bits per heavy atom. The van der Waals surface area contributed by atoms with Crippen molar-refractivity contribution in [2.24, 2.45) is 0 Å². The zero-order valence-corrected chi connectivity index (χ0v) is 10.8. The fourth-order valence-electron chi connectivity index (χ4n) is 4.23. The largest absolute Gasteiger partial charge is 0.307 e. The number of nitrogens with one attached hydrogen (secondary N) is 1. The summed E-state index contributed by atoms with van der Waals surface area (Å²) in [5, 5.41) is 3.89. The maximum atomic E-state index is 3.89. The van der Waals surface area contributed by atoms with Crippen LogP contribution in [0.1, 0.15) is 58.8 Å². The van der Waals surface area contributed by atoms with Gasteiger partial charge in [0.05, 0.1) is 0 Å². The molecule has 0 aromatic heterocycles. The first-order valence-electron chi connectivity index (χ1n) is 7.22. The second-order valence-corrected chi connectivity index (χ2v) is 6.50. The summed E-state index contributed by atoms with van der Waals surface area (Å²) in [5.41, 5.74) is 0.504. The number of nitrogens with zero attached hydrogens (tertiary/aromatic N) is 1. The SMILES string of the molecule is CC1CCCC(C)N1CC12CCC(CC1)N2. The Labute approximate surface area is 99.8 Å². The fraction of sp³-hybridized carbons (Fsp3) is 1.00. The fourth-order valence-corrected chi connectivity index (χ4v) is 4.23. The van der Waals surface area contributed by atoms with E-state index >= 15 is 0 Å². The predicted octanol–water partition coefficient (Wildman–Crippen LogP) is 2.53. The van der Waals surface area contributed by atoms with Crippen molar-refractivity contribution in [3.05, 3.63) is 0 Å². The minimum atomic E-state index is 0.504. The Morgan fingerprint density at radius 1 is 1.06 bits per heavy atom. The first-order valence-corrected chi connectivity index (χ1v) is 7.22. The van der Waals surface area contributed by atoms with Crippen molar-refractivity contribution in [2.75, 3.05) is 6.54 Å². The van der Waals surface area contributed by atoms with E-state index in [1.807, 2.05) is 0 Å². The normalized spacial score (nSPS) is 48.8. The Hall–Kier alpha value is -0.0800. The van der Waals surface area contributed by atoms with Crippen molar-refractivity contribution < 1.29 is 0 Å². The number of hydrogen-bond donors (Lipinski definition) is 1. The quantitative estimate of drug-likeness (QED) is 0.772. The summed E-state index contributed by atoms with van der Waals surface area (Å²) in [5.74, 6) is 0. The second kappa shape index (κ2) is 3.99. The molecule has 2 nitrogen and oxygen atoms in total. The van der Waals surface area contributed by atoms with Crippen LogP contribution in [-0.2, 0) is 0 Å². The van der Waals surface area contributed by atoms with Gasteiger partial charge in [-0.1, -0.05) is 6.42 Å². The molecule has 0 aromatic rings. The van der Waals surface area contributed by atoms with Gasteiger partial charge in [-0.3, -0.25) is 4.90 Å². The second-order valence-electron chi connectivity index (χ2n) is 6.50. The third-order valence-electron chi connectivity index (χ3n) is 5.31. The number of hydrogen-bond acceptors (Lipinski definition) is 2. The van der Waals surface area contributed by atoms with Crippen LogP contribution in [0.25, 0.3) is 0 Å². The van der Waals surface area contributed by atoms with E-state index in [2.05, 4.69) is 24.1 Å². The third kappa shape index (κ3) is 1.80. The molecule has 1 N–H and O–H groups in total. The van der Waals surface area contributed by atoms with Crippen LogP contribution in [0.15, 0.2) is 0 Å². The molecule has 3 heterocycles. The predicted molar refractivity (Wildman–Crippen MR) is 67.6 cm³/mol. The van der Waals surface area contributed by atoms with Crippen LogP contribution in [0.4, 0.5) is 0 Å². The molecule has 0 spiro atoms. The maximum Gasteiger partial charge on any atom is 0.0312 e. The van der Waals surface area contributed by atoms with Gasteiger partial charge in [0.2, 0.25) is 0 Å². The van der Waals surface area contributed by atoms with Crippen LogP contribution in [0.3, 0.4) is 0 Å². The van der Waals surface area contributed by atoms with Crippen molar-refractivity contribution in [1.29, 1.82) is 0 Å². The van der Waals surface area contributed by atoms with Crippen LogP contribution in [0.5, 0.6) is 0 Å². The van der Waals surface area contributed by atoms with Gasteiger partial charge in [0.1, 0.15) is 0 Å². The molecule has 3 rings (SSSR count). The Morgan fingerprint density at radius 3 is 2.19 bits per heavy atom. The summed E-state index contributed by atoms with van der Waals surface area (Å²) in [6, 6.07) is 2.47. The summed E-state index contributed by atoms with van der Waals surface area (Å²) < 4.78 is 0. The van der Waals surface area contributed by atoms with E-state index in [9.17, 15) is 0 Å². The molecule has 92 valence electrons. The molecule has 3 saturated heterocycles. The first-order chi connectivity index (χ1) is 7.69. The molecule has 2 atom stereocenters. The summed E-state index contributed by atoms with van der Waals surface area (Å²) in [4.78, 5) is 2.78. The Kier molecular flexibility index (Phi) is 2.75. The number of rotatable bonds is 2. The molecule has 3 aliphatic rings. The van der Waals surface area contributed by atoms with Gasteiger partial charge in [-0.05, 0) is 52.4 Å². The van der Waals surface area contributed by atoms with Crippen LogP contribution < -0.4 is 5.32 Å². The van der Waals surface area contributed by atoms with Gasteiger partial charge in [-0.2, -0.15) is 0 Å². The van der Waals surface area contributed by atoms with E-state index in [1.165, 1.54) is 51.5 Å². The average Bonchev–Trinajstić information content (AvgIpc) is 2.84. The Bertz CT molecular complexity index is 245. The number of likely N-dealkylation sites (tertiary alicyclic amines) is 1. The van der Waals surface area contributed by atoms with Gasteiger partial charge < -0.3 is 5.32 Å². The molecular formula is C14H26N2. The van der Waals surface area contributed by atoms with E-state index in [0.29, 0.717) is 5.54 Å². The molecule has 2 heteroatoms. The highest BCUT2D eigenvalue weighted by atomic mass is 15.2. The molecule has 0 aliphatic carbocycles. The van der Waals surface area contributed by atoms with Crippen LogP contribution in [0.2, 0.25) is 0 Å². The topological polar surface area (TPSA) is 15.3 Å². The van der Waals surface area contributed by atoms with Crippen LogP contribution in [-0.4, -0.2) is 35.1 Å². The van der Waals surface area contributed by atoms with Crippen LogP contribution >= 0.6 is 0 Å². The first kappa shape index (κ1) is 11.0. The lowest BCUT2D eigenvalue weighted by Gasteiger charge is -2.43. The van der Waals surface area contributed by atoms with Crippen molar-refractivity contribution in [1.82, 2.24) is 10.2 Å². The van der Waals surface area contributed by atoms with E-state index in [-0.39, 0.29) is 0 Å². The molecule has 2 bridgehead atoms. The molecule has 3 fully saturated rings. The van der Waals surface area contributed by atoms with Crippen molar-refractivity contribution >= 4 is 0 Å². The highest BCUT2D eigenvalue weighted by molar-refractivity contribution is 5.06. The highest BCUT2D eigenvalue weighted by Gasteiger charge is 2.46. The summed E-state index contributed by atoms with van der Waals surface area (Å²) in [6.07, 6.45) is 9.95. The van der Waals surface area contributed by atoms with Gasteiger partial charge in [-0.25, -0.2) is 0 Å². The summed E-state index contributed by atoms with van der Waals surface area (Å²) in [6.45, 7) is 6.16. The third-order valence-corrected chi connectivity index (χ3v) is 5.31. The molecule has 0 amide bonds. The summed E-state index contributed by atoms with van der Waals surface area (Å²) in [7, 11) is 0. The van der Waals surface area contributed by atoms with E-state index in [1.54, 1.807) is 0 Å². The van der Waals surface area contributed by atoms with Gasteiger partial charge in [0, 0.05) is 30.2 Å². The summed E-state index contributed by atoms with van der Waals surface area (Å²) >= 11 is 0. The average molecular weight is 222 g/mol. The standard InChI is InChI=1S/C14H26N2/c1-11-4-3-5-12(2)16(11)10-14-8-6-13(15-14)7-9-14/h11-13,15H,3-10H2,1-2H3. The van der Waals surface area contributed by atoms with Crippen LogP contribution in [0, 0.1) is 0 Å². The van der Waals surface area contributed by atoms with Crippen molar-refractivity contribution in [3.8, 4) is 0 Å². The van der Waals surface area contributed by atoms with E-state index in [4.69, 9.17) is 0 Å². The maximum absolute atomic E-state index is 3.89. The zero-order chi connectivity index (χ0) is 11.2. The van der Waals surface area contributed by atoms with E-state index in [0.717, 1.165) is 18.1 Å². The molecule has 16 heavy (non-hydrogen) atoms. The Balaban J connectivity index is 1.68. The lowest BCUT2D eigenvalue weighted by Crippen LogP contribution is -2.54.